The highest BCUT2D eigenvalue weighted by Crippen LogP contribution is 2.38. The van der Waals surface area contributed by atoms with Gasteiger partial charge in [0.15, 0.2) is 5.82 Å². The molecular weight excluding hydrogens is 631 g/mol. The average Bonchev–Trinajstić information content (AvgIpc) is 3.55. The standard InChI is InChI=1S/C26H21N.C23H18N2/c1-18-10-6-7-13-21(18)22-16-17-25-26(19(22)2)23-14-8-9-15-24(23)27(25)20-11-4-3-5-12-20;1-17-9-8-14-20(15-17)23-24-21(18-10-4-2-5-11-18)16-22(25-23)19-12-6-3-7-13-19/h3-17H,1-2H3;2-16H,1H3. The molecule has 7 aromatic carbocycles. The van der Waals surface area contributed by atoms with Crippen LogP contribution in [-0.4, -0.2) is 14.5 Å². The third kappa shape index (κ3) is 6.41. The van der Waals surface area contributed by atoms with Gasteiger partial charge >= 0.3 is 0 Å². The van der Waals surface area contributed by atoms with Gasteiger partial charge in [-0.05, 0) is 79.4 Å². The van der Waals surface area contributed by atoms with Gasteiger partial charge in [0.1, 0.15) is 0 Å². The van der Waals surface area contributed by atoms with E-state index in [1.807, 2.05) is 42.5 Å². The molecule has 0 radical (unpaired) electrons. The molecule has 52 heavy (non-hydrogen) atoms. The zero-order valence-electron chi connectivity index (χ0n) is 29.7. The number of para-hydroxylation sites is 2. The van der Waals surface area contributed by atoms with E-state index in [0.717, 1.165) is 33.9 Å². The molecular formula is C49H39N3. The van der Waals surface area contributed by atoms with Gasteiger partial charge in [-0.25, -0.2) is 9.97 Å². The van der Waals surface area contributed by atoms with Crippen LogP contribution in [-0.2, 0) is 0 Å². The summed E-state index contributed by atoms with van der Waals surface area (Å²) in [4.78, 5) is 9.66. The zero-order chi connectivity index (χ0) is 35.4. The van der Waals surface area contributed by atoms with Crippen LogP contribution in [0.2, 0.25) is 0 Å². The third-order valence-corrected chi connectivity index (χ3v) is 9.69. The van der Waals surface area contributed by atoms with Crippen molar-refractivity contribution in [3.8, 4) is 50.7 Å². The number of fused-ring (bicyclic) bond motifs is 3. The molecule has 0 fully saturated rings. The lowest BCUT2D eigenvalue weighted by Gasteiger charge is -2.12. The molecule has 0 aliphatic heterocycles. The van der Waals surface area contributed by atoms with Crippen molar-refractivity contribution in [1.82, 2.24) is 14.5 Å². The first-order valence-electron chi connectivity index (χ1n) is 17.8. The Labute approximate surface area is 305 Å². The molecule has 250 valence electrons. The van der Waals surface area contributed by atoms with E-state index < -0.39 is 0 Å². The van der Waals surface area contributed by atoms with E-state index in [0.29, 0.717) is 0 Å². The molecule has 0 N–H and O–H groups in total. The van der Waals surface area contributed by atoms with Gasteiger partial charge in [-0.1, -0.05) is 151 Å². The second-order valence-electron chi connectivity index (χ2n) is 13.2. The fraction of sp³-hybridized carbons (Fsp3) is 0.0612. The maximum Gasteiger partial charge on any atom is 0.160 e. The van der Waals surface area contributed by atoms with Crippen molar-refractivity contribution in [3.05, 3.63) is 199 Å². The number of hydrogen-bond donors (Lipinski definition) is 0. The monoisotopic (exact) mass is 669 g/mol. The Kier molecular flexibility index (Phi) is 8.99. The molecule has 0 spiro atoms. The van der Waals surface area contributed by atoms with Crippen molar-refractivity contribution in [2.24, 2.45) is 0 Å². The van der Waals surface area contributed by atoms with E-state index in [1.54, 1.807) is 0 Å². The van der Waals surface area contributed by atoms with Crippen LogP contribution in [0.1, 0.15) is 16.7 Å². The second-order valence-corrected chi connectivity index (χ2v) is 13.2. The highest BCUT2D eigenvalue weighted by molar-refractivity contribution is 6.12. The van der Waals surface area contributed by atoms with Crippen LogP contribution in [0.5, 0.6) is 0 Å². The van der Waals surface area contributed by atoms with Crippen LogP contribution in [0.15, 0.2) is 182 Å². The first kappa shape index (κ1) is 32.6. The van der Waals surface area contributed by atoms with Crippen molar-refractivity contribution >= 4 is 21.8 Å². The smallest absolute Gasteiger partial charge is 0.160 e. The topological polar surface area (TPSA) is 30.7 Å². The summed E-state index contributed by atoms with van der Waals surface area (Å²) >= 11 is 0. The van der Waals surface area contributed by atoms with Crippen LogP contribution in [0.4, 0.5) is 0 Å². The first-order chi connectivity index (χ1) is 25.5. The van der Waals surface area contributed by atoms with Gasteiger partial charge in [-0.3, -0.25) is 0 Å². The number of nitrogens with zero attached hydrogens (tertiary/aromatic N) is 3. The first-order valence-corrected chi connectivity index (χ1v) is 17.8. The lowest BCUT2D eigenvalue weighted by Crippen LogP contribution is -1.96. The molecule has 0 unspecified atom stereocenters. The molecule has 9 rings (SSSR count). The predicted octanol–water partition coefficient (Wildman–Crippen LogP) is 12.9. The SMILES string of the molecule is Cc1cccc(-c2nc(-c3ccccc3)cc(-c3ccccc3)n2)c1.Cc1ccccc1-c1ccc2c(c1C)c1ccccc1n2-c1ccccc1. The number of benzene rings is 7. The summed E-state index contributed by atoms with van der Waals surface area (Å²) in [6.45, 7) is 6.53. The Hall–Kier alpha value is -6.58. The fourth-order valence-electron chi connectivity index (χ4n) is 7.13. The lowest BCUT2D eigenvalue weighted by atomic mass is 9.94. The highest BCUT2D eigenvalue weighted by atomic mass is 15.0. The van der Waals surface area contributed by atoms with E-state index in [-0.39, 0.29) is 0 Å². The Bertz CT molecular complexity index is 2580. The summed E-state index contributed by atoms with van der Waals surface area (Å²) in [7, 11) is 0. The van der Waals surface area contributed by atoms with Crippen molar-refractivity contribution in [1.29, 1.82) is 0 Å². The minimum atomic E-state index is 0.754. The van der Waals surface area contributed by atoms with Gasteiger partial charge in [0, 0.05) is 33.2 Å². The van der Waals surface area contributed by atoms with Crippen LogP contribution in [0.3, 0.4) is 0 Å². The molecule has 2 heterocycles. The largest absolute Gasteiger partial charge is 0.309 e. The Morgan fingerprint density at radius 1 is 0.423 bits per heavy atom. The maximum atomic E-state index is 4.83. The molecule has 0 amide bonds. The number of aryl methyl sites for hydroxylation is 3. The fourth-order valence-corrected chi connectivity index (χ4v) is 7.13. The molecule has 0 aliphatic carbocycles. The average molecular weight is 670 g/mol. The predicted molar refractivity (Wildman–Crippen MR) is 219 cm³/mol. The quantitative estimate of drug-likeness (QED) is 0.183. The van der Waals surface area contributed by atoms with Crippen LogP contribution in [0.25, 0.3) is 72.5 Å². The molecule has 0 atom stereocenters. The van der Waals surface area contributed by atoms with Crippen LogP contribution in [0, 0.1) is 20.8 Å². The third-order valence-electron chi connectivity index (χ3n) is 9.69. The molecule has 9 aromatic rings. The van der Waals surface area contributed by atoms with Gasteiger partial charge < -0.3 is 4.57 Å². The highest BCUT2D eigenvalue weighted by Gasteiger charge is 2.17. The number of hydrogen-bond acceptors (Lipinski definition) is 2. The van der Waals surface area contributed by atoms with E-state index in [4.69, 9.17) is 9.97 Å². The molecule has 0 saturated heterocycles. The Balaban J connectivity index is 0.000000149. The molecule has 2 aromatic heterocycles. The molecule has 0 aliphatic rings. The van der Waals surface area contributed by atoms with E-state index in [1.165, 1.54) is 55.3 Å². The minimum absolute atomic E-state index is 0.754. The van der Waals surface area contributed by atoms with Crippen LogP contribution < -0.4 is 0 Å². The summed E-state index contributed by atoms with van der Waals surface area (Å²) in [5.74, 6) is 0.754. The van der Waals surface area contributed by atoms with Gasteiger partial charge in [-0.15, -0.1) is 0 Å². The summed E-state index contributed by atoms with van der Waals surface area (Å²) in [6, 6.07) is 63.4. The van der Waals surface area contributed by atoms with E-state index >= 15 is 0 Å². The Morgan fingerprint density at radius 2 is 1.00 bits per heavy atom. The summed E-state index contributed by atoms with van der Waals surface area (Å²) in [5.41, 5.74) is 15.3. The molecule has 3 nitrogen and oxygen atoms in total. The zero-order valence-corrected chi connectivity index (χ0v) is 29.7. The summed E-state index contributed by atoms with van der Waals surface area (Å²) < 4.78 is 2.37. The second kappa shape index (κ2) is 14.3. The minimum Gasteiger partial charge on any atom is -0.309 e. The van der Waals surface area contributed by atoms with E-state index in [2.05, 4.69) is 165 Å². The molecule has 0 saturated carbocycles. The van der Waals surface area contributed by atoms with Crippen molar-refractivity contribution in [2.45, 2.75) is 20.8 Å². The van der Waals surface area contributed by atoms with Gasteiger partial charge in [-0.2, -0.15) is 0 Å². The summed E-state index contributed by atoms with van der Waals surface area (Å²) in [6.07, 6.45) is 0. The molecule has 3 heteroatoms. The molecule has 0 bridgehead atoms. The number of rotatable bonds is 5. The van der Waals surface area contributed by atoms with Crippen molar-refractivity contribution in [2.75, 3.05) is 0 Å². The summed E-state index contributed by atoms with van der Waals surface area (Å²) in [5, 5.41) is 2.65. The van der Waals surface area contributed by atoms with Gasteiger partial charge in [0.25, 0.3) is 0 Å². The normalized spacial score (nSPS) is 11.0. The van der Waals surface area contributed by atoms with Gasteiger partial charge in [0.2, 0.25) is 0 Å². The maximum absolute atomic E-state index is 4.83. The number of aromatic nitrogens is 3. The van der Waals surface area contributed by atoms with Crippen molar-refractivity contribution in [3.63, 3.8) is 0 Å². The van der Waals surface area contributed by atoms with E-state index in [9.17, 15) is 0 Å². The lowest BCUT2D eigenvalue weighted by molar-refractivity contribution is 1.18. The van der Waals surface area contributed by atoms with Gasteiger partial charge in [0.05, 0.1) is 22.4 Å². The van der Waals surface area contributed by atoms with Crippen molar-refractivity contribution < 1.29 is 0 Å². The van der Waals surface area contributed by atoms with Crippen LogP contribution >= 0.6 is 0 Å². The Morgan fingerprint density at radius 3 is 1.65 bits per heavy atom.